The molecule has 0 bridgehead atoms. The Kier molecular flexibility index (Phi) is 3.52. The molecule has 0 spiro atoms. The minimum Gasteiger partial charge on any atom is -0.462 e. The number of esters is 1. The maximum Gasteiger partial charge on any atom is 0.339 e. The van der Waals surface area contributed by atoms with Crippen molar-refractivity contribution >= 4 is 27.6 Å². The molecule has 3 nitrogen and oxygen atoms in total. The Balaban J connectivity index is 3.09. The average molecular weight is 258 g/mol. The molecular formula is C10H12BrNO2. The molecular weight excluding hydrogens is 246 g/mol. The second kappa shape index (κ2) is 4.46. The summed E-state index contributed by atoms with van der Waals surface area (Å²) in [6, 6.07) is 3.43. The molecule has 0 heterocycles. The highest BCUT2D eigenvalue weighted by Crippen LogP contribution is 2.23. The summed E-state index contributed by atoms with van der Waals surface area (Å²) in [5.74, 6) is -0.331. The van der Waals surface area contributed by atoms with Crippen molar-refractivity contribution in [1.82, 2.24) is 0 Å². The molecule has 0 aliphatic rings. The van der Waals surface area contributed by atoms with Crippen LogP contribution in [0.25, 0.3) is 0 Å². The first-order valence-corrected chi connectivity index (χ1v) is 5.08. The molecule has 0 aromatic heterocycles. The van der Waals surface area contributed by atoms with Crippen LogP contribution in [0.15, 0.2) is 16.6 Å². The number of ether oxygens (including phenoxy) is 1. The Morgan fingerprint density at radius 3 is 2.79 bits per heavy atom. The molecule has 0 aliphatic carbocycles. The summed E-state index contributed by atoms with van der Waals surface area (Å²) in [6.07, 6.45) is 0. The topological polar surface area (TPSA) is 52.3 Å². The Bertz CT molecular complexity index is 363. The van der Waals surface area contributed by atoms with Gasteiger partial charge in [-0.05, 0) is 47.5 Å². The molecule has 0 aliphatic heterocycles. The largest absolute Gasteiger partial charge is 0.462 e. The van der Waals surface area contributed by atoms with Crippen molar-refractivity contribution in [1.29, 1.82) is 0 Å². The number of nitrogen functional groups attached to an aromatic ring is 1. The number of hydrogen-bond acceptors (Lipinski definition) is 3. The molecule has 1 rings (SSSR count). The van der Waals surface area contributed by atoms with E-state index >= 15 is 0 Å². The third-order valence-electron chi connectivity index (χ3n) is 1.85. The maximum atomic E-state index is 11.4. The molecule has 0 fully saturated rings. The fourth-order valence-electron chi connectivity index (χ4n) is 1.06. The van der Waals surface area contributed by atoms with Crippen LogP contribution in [0.1, 0.15) is 22.8 Å². The smallest absolute Gasteiger partial charge is 0.339 e. The number of hydrogen-bond donors (Lipinski definition) is 1. The minimum absolute atomic E-state index is 0.331. The van der Waals surface area contributed by atoms with Crippen molar-refractivity contribution < 1.29 is 9.53 Å². The first kappa shape index (κ1) is 11.0. The molecule has 2 N–H and O–H groups in total. The van der Waals surface area contributed by atoms with Crippen molar-refractivity contribution in [2.24, 2.45) is 0 Å². The summed E-state index contributed by atoms with van der Waals surface area (Å²) in [5.41, 5.74) is 7.72. The van der Waals surface area contributed by atoms with Crippen LogP contribution in [0.2, 0.25) is 0 Å². The zero-order valence-corrected chi connectivity index (χ0v) is 9.72. The van der Waals surface area contributed by atoms with Crippen molar-refractivity contribution in [2.75, 3.05) is 12.3 Å². The normalized spacial score (nSPS) is 9.93. The van der Waals surface area contributed by atoms with Crippen molar-refractivity contribution in [2.45, 2.75) is 13.8 Å². The number of halogens is 1. The van der Waals surface area contributed by atoms with E-state index < -0.39 is 0 Å². The number of aryl methyl sites for hydroxylation is 1. The fraction of sp³-hybridized carbons (Fsp3) is 0.300. The van der Waals surface area contributed by atoms with E-state index in [4.69, 9.17) is 10.5 Å². The maximum absolute atomic E-state index is 11.4. The van der Waals surface area contributed by atoms with Crippen LogP contribution in [0.4, 0.5) is 5.69 Å². The van der Waals surface area contributed by atoms with E-state index in [2.05, 4.69) is 15.9 Å². The van der Waals surface area contributed by atoms with Gasteiger partial charge in [0.05, 0.1) is 12.2 Å². The molecule has 0 saturated carbocycles. The molecule has 76 valence electrons. The number of rotatable bonds is 2. The van der Waals surface area contributed by atoms with Gasteiger partial charge in [-0.2, -0.15) is 0 Å². The molecule has 1 aromatic carbocycles. The predicted molar refractivity (Wildman–Crippen MR) is 59.2 cm³/mol. The lowest BCUT2D eigenvalue weighted by Gasteiger charge is -2.07. The molecule has 1 aromatic rings. The second-order valence-corrected chi connectivity index (χ2v) is 3.76. The van der Waals surface area contributed by atoms with Gasteiger partial charge in [-0.25, -0.2) is 4.79 Å². The summed E-state index contributed by atoms with van der Waals surface area (Å²) in [7, 11) is 0. The van der Waals surface area contributed by atoms with Gasteiger partial charge in [0.15, 0.2) is 0 Å². The summed E-state index contributed by atoms with van der Waals surface area (Å²) in [5, 5.41) is 0. The second-order valence-electron chi connectivity index (χ2n) is 2.91. The predicted octanol–water partition coefficient (Wildman–Crippen LogP) is 2.52. The first-order valence-electron chi connectivity index (χ1n) is 4.29. The van der Waals surface area contributed by atoms with Crippen LogP contribution in [-0.4, -0.2) is 12.6 Å². The Morgan fingerprint density at radius 2 is 2.21 bits per heavy atom. The van der Waals surface area contributed by atoms with Crippen LogP contribution in [0.3, 0.4) is 0 Å². The monoisotopic (exact) mass is 257 g/mol. The highest BCUT2D eigenvalue weighted by Gasteiger charge is 2.12. The lowest BCUT2D eigenvalue weighted by atomic mass is 10.1. The summed E-state index contributed by atoms with van der Waals surface area (Å²) >= 11 is 3.27. The third kappa shape index (κ3) is 2.26. The minimum atomic E-state index is -0.331. The lowest BCUT2D eigenvalue weighted by Crippen LogP contribution is -2.06. The van der Waals surface area contributed by atoms with E-state index in [1.54, 1.807) is 19.1 Å². The van der Waals surface area contributed by atoms with Crippen LogP contribution in [0.5, 0.6) is 0 Å². The van der Waals surface area contributed by atoms with E-state index in [9.17, 15) is 4.79 Å². The highest BCUT2D eigenvalue weighted by molar-refractivity contribution is 9.10. The van der Waals surface area contributed by atoms with E-state index in [1.165, 1.54) is 0 Å². The van der Waals surface area contributed by atoms with E-state index in [-0.39, 0.29) is 5.97 Å². The standard InChI is InChI=1S/C10H12BrNO2/c1-3-14-10(13)7-4-6(2)9(12)5-8(7)11/h4-5H,3,12H2,1-2H3. The number of benzene rings is 1. The quantitative estimate of drug-likeness (QED) is 0.655. The molecule has 0 amide bonds. The summed E-state index contributed by atoms with van der Waals surface area (Å²) < 4.78 is 5.56. The molecule has 0 saturated heterocycles. The number of carbonyl (C=O) groups excluding carboxylic acids is 1. The Labute approximate surface area is 91.4 Å². The van der Waals surface area contributed by atoms with Gasteiger partial charge in [-0.3, -0.25) is 0 Å². The zero-order chi connectivity index (χ0) is 10.7. The zero-order valence-electron chi connectivity index (χ0n) is 8.13. The molecule has 14 heavy (non-hydrogen) atoms. The molecule has 4 heteroatoms. The van der Waals surface area contributed by atoms with Gasteiger partial charge in [0.1, 0.15) is 0 Å². The van der Waals surface area contributed by atoms with E-state index in [0.29, 0.717) is 22.3 Å². The van der Waals surface area contributed by atoms with Crippen molar-refractivity contribution in [3.8, 4) is 0 Å². The van der Waals surface area contributed by atoms with Gasteiger partial charge in [-0.15, -0.1) is 0 Å². The lowest BCUT2D eigenvalue weighted by molar-refractivity contribution is 0.0525. The SMILES string of the molecule is CCOC(=O)c1cc(C)c(N)cc1Br. The third-order valence-corrected chi connectivity index (χ3v) is 2.51. The highest BCUT2D eigenvalue weighted by atomic mass is 79.9. The average Bonchev–Trinajstić information content (AvgIpc) is 2.11. The molecule has 0 radical (unpaired) electrons. The number of nitrogens with two attached hydrogens (primary N) is 1. The Morgan fingerprint density at radius 1 is 1.57 bits per heavy atom. The van der Waals surface area contributed by atoms with E-state index in [1.807, 2.05) is 6.92 Å². The van der Waals surface area contributed by atoms with Gasteiger partial charge < -0.3 is 10.5 Å². The molecule has 0 unspecified atom stereocenters. The van der Waals surface area contributed by atoms with E-state index in [0.717, 1.165) is 5.56 Å². The van der Waals surface area contributed by atoms with Crippen LogP contribution in [0, 0.1) is 6.92 Å². The van der Waals surface area contributed by atoms with Gasteiger partial charge in [0, 0.05) is 10.2 Å². The Hall–Kier alpha value is -1.03. The van der Waals surface area contributed by atoms with Crippen LogP contribution in [-0.2, 0) is 4.74 Å². The van der Waals surface area contributed by atoms with Crippen LogP contribution >= 0.6 is 15.9 Å². The van der Waals surface area contributed by atoms with Crippen LogP contribution < -0.4 is 5.73 Å². The summed E-state index contributed by atoms with van der Waals surface area (Å²) in [6.45, 7) is 4.00. The van der Waals surface area contributed by atoms with Gasteiger partial charge in [-0.1, -0.05) is 0 Å². The number of anilines is 1. The summed E-state index contributed by atoms with van der Waals surface area (Å²) in [4.78, 5) is 11.4. The van der Waals surface area contributed by atoms with Crippen molar-refractivity contribution in [3.63, 3.8) is 0 Å². The van der Waals surface area contributed by atoms with Gasteiger partial charge in [0.2, 0.25) is 0 Å². The van der Waals surface area contributed by atoms with Gasteiger partial charge in [0.25, 0.3) is 0 Å². The first-order chi connectivity index (χ1) is 6.56. The fourth-order valence-corrected chi connectivity index (χ4v) is 1.59. The van der Waals surface area contributed by atoms with Gasteiger partial charge >= 0.3 is 5.97 Å². The molecule has 0 atom stereocenters. The van der Waals surface area contributed by atoms with Crippen molar-refractivity contribution in [3.05, 3.63) is 27.7 Å². The number of carbonyl (C=O) groups is 1.